The van der Waals surface area contributed by atoms with Crippen LogP contribution in [-0.4, -0.2) is 9.67 Å². The molecule has 2 rings (SSSR count). The molecule has 0 aliphatic carbocycles. The third-order valence-electron chi connectivity index (χ3n) is 3.33. The first-order valence-corrected chi connectivity index (χ1v) is 5.49. The van der Waals surface area contributed by atoms with Crippen molar-refractivity contribution in [2.24, 2.45) is 11.8 Å². The Hall–Kier alpha value is -1.09. The van der Waals surface area contributed by atoms with Gasteiger partial charge in [0.05, 0.1) is 6.10 Å². The van der Waals surface area contributed by atoms with Gasteiger partial charge < -0.3 is 9.67 Å². The monoisotopic (exact) mass is 207 g/mol. The van der Waals surface area contributed by atoms with Crippen LogP contribution in [-0.2, 0) is 6.54 Å². The fraction of sp³-hybridized carbons (Fsp3) is 0.583. The van der Waals surface area contributed by atoms with Crippen molar-refractivity contribution in [3.63, 3.8) is 0 Å². The molecule has 1 aromatic heterocycles. The summed E-state index contributed by atoms with van der Waals surface area (Å²) in [5.41, 5.74) is 0.765. The molecule has 0 amide bonds. The predicted molar refractivity (Wildman–Crippen MR) is 58.6 cm³/mol. The molecule has 1 aromatic rings. The number of rotatable bonds is 1. The molecule has 1 aliphatic heterocycles. The van der Waals surface area contributed by atoms with Crippen LogP contribution >= 0.6 is 0 Å². The molecule has 2 atom stereocenters. The summed E-state index contributed by atoms with van der Waals surface area (Å²) >= 11 is 0. The number of aliphatic hydroxyl groups is 1. The van der Waals surface area contributed by atoms with Crippen molar-refractivity contribution in [1.82, 2.24) is 4.57 Å². The highest BCUT2D eigenvalue weighted by Gasteiger charge is 2.30. The SMILES string of the molecule is CC(C)C1CCn2c(cccc2=O)C1O. The number of aliphatic hydroxyl groups excluding tert-OH is 1. The molecule has 3 heteroatoms. The third kappa shape index (κ3) is 1.72. The van der Waals surface area contributed by atoms with Crippen molar-refractivity contribution in [1.29, 1.82) is 0 Å². The van der Waals surface area contributed by atoms with E-state index < -0.39 is 6.10 Å². The number of hydrogen-bond acceptors (Lipinski definition) is 2. The quantitative estimate of drug-likeness (QED) is 0.759. The maximum absolute atomic E-state index is 11.5. The van der Waals surface area contributed by atoms with Crippen LogP contribution in [0.15, 0.2) is 23.0 Å². The lowest BCUT2D eigenvalue weighted by molar-refractivity contribution is 0.0487. The standard InChI is InChI=1S/C12H17NO2/c1-8(2)9-6-7-13-10(12(9)15)4-3-5-11(13)14/h3-5,8-9,12,15H,6-7H2,1-2H3. The van der Waals surface area contributed by atoms with E-state index in [4.69, 9.17) is 0 Å². The smallest absolute Gasteiger partial charge is 0.250 e. The Labute approximate surface area is 89.4 Å². The second-order valence-electron chi connectivity index (χ2n) is 4.58. The highest BCUT2D eigenvalue weighted by atomic mass is 16.3. The lowest BCUT2D eigenvalue weighted by atomic mass is 9.83. The van der Waals surface area contributed by atoms with Crippen molar-refractivity contribution < 1.29 is 5.11 Å². The van der Waals surface area contributed by atoms with E-state index in [1.54, 1.807) is 16.7 Å². The highest BCUT2D eigenvalue weighted by Crippen LogP contribution is 2.34. The van der Waals surface area contributed by atoms with Gasteiger partial charge >= 0.3 is 0 Å². The average molecular weight is 207 g/mol. The van der Waals surface area contributed by atoms with E-state index in [9.17, 15) is 9.90 Å². The van der Waals surface area contributed by atoms with E-state index in [2.05, 4.69) is 13.8 Å². The molecule has 1 aliphatic rings. The molecule has 15 heavy (non-hydrogen) atoms. The zero-order valence-corrected chi connectivity index (χ0v) is 9.18. The molecule has 82 valence electrons. The van der Waals surface area contributed by atoms with Gasteiger partial charge in [0.1, 0.15) is 0 Å². The third-order valence-corrected chi connectivity index (χ3v) is 3.33. The number of aromatic nitrogens is 1. The minimum atomic E-state index is -0.493. The molecule has 2 unspecified atom stereocenters. The molecule has 2 heterocycles. The van der Waals surface area contributed by atoms with E-state index in [-0.39, 0.29) is 11.5 Å². The maximum Gasteiger partial charge on any atom is 0.250 e. The van der Waals surface area contributed by atoms with Crippen LogP contribution in [0.4, 0.5) is 0 Å². The van der Waals surface area contributed by atoms with Crippen LogP contribution in [0.5, 0.6) is 0 Å². The summed E-state index contributed by atoms with van der Waals surface area (Å²) < 4.78 is 1.68. The molecule has 0 spiro atoms. The Morgan fingerprint density at radius 3 is 2.87 bits per heavy atom. The van der Waals surface area contributed by atoms with E-state index in [0.717, 1.165) is 18.7 Å². The van der Waals surface area contributed by atoms with Gasteiger partial charge in [-0.1, -0.05) is 19.9 Å². The summed E-state index contributed by atoms with van der Waals surface area (Å²) in [4.78, 5) is 11.5. The summed E-state index contributed by atoms with van der Waals surface area (Å²) in [7, 11) is 0. The first-order chi connectivity index (χ1) is 7.11. The molecule has 0 fully saturated rings. The van der Waals surface area contributed by atoms with Crippen LogP contribution in [0.3, 0.4) is 0 Å². The summed E-state index contributed by atoms with van der Waals surface area (Å²) in [6.07, 6.45) is 0.392. The lowest BCUT2D eigenvalue weighted by Gasteiger charge is -2.33. The normalized spacial score (nSPS) is 25.3. The molecule has 3 nitrogen and oxygen atoms in total. The van der Waals surface area contributed by atoms with Gasteiger partial charge in [-0.15, -0.1) is 0 Å². The van der Waals surface area contributed by atoms with Crippen molar-refractivity contribution in [3.8, 4) is 0 Å². The molecular formula is C12H17NO2. The van der Waals surface area contributed by atoms with Gasteiger partial charge in [0, 0.05) is 18.3 Å². The second kappa shape index (κ2) is 3.81. The van der Waals surface area contributed by atoms with Gasteiger partial charge in [0.25, 0.3) is 5.56 Å². The molecular weight excluding hydrogens is 190 g/mol. The minimum absolute atomic E-state index is 0.00578. The summed E-state index contributed by atoms with van der Waals surface area (Å²) in [6, 6.07) is 5.12. The fourth-order valence-corrected chi connectivity index (χ4v) is 2.39. The molecule has 1 N–H and O–H groups in total. The first kappa shape index (κ1) is 10.4. The van der Waals surface area contributed by atoms with Gasteiger partial charge in [-0.25, -0.2) is 0 Å². The fourth-order valence-electron chi connectivity index (χ4n) is 2.39. The van der Waals surface area contributed by atoms with Gasteiger partial charge in [-0.05, 0) is 24.3 Å². The van der Waals surface area contributed by atoms with Gasteiger partial charge in [0.15, 0.2) is 0 Å². The zero-order chi connectivity index (χ0) is 11.0. The van der Waals surface area contributed by atoms with E-state index in [1.165, 1.54) is 0 Å². The number of pyridine rings is 1. The van der Waals surface area contributed by atoms with E-state index in [0.29, 0.717) is 5.92 Å². The van der Waals surface area contributed by atoms with Gasteiger partial charge in [-0.2, -0.15) is 0 Å². The van der Waals surface area contributed by atoms with Crippen LogP contribution < -0.4 is 5.56 Å². The minimum Gasteiger partial charge on any atom is -0.387 e. The van der Waals surface area contributed by atoms with Crippen molar-refractivity contribution >= 4 is 0 Å². The Balaban J connectivity index is 2.43. The number of hydrogen-bond donors (Lipinski definition) is 1. The van der Waals surface area contributed by atoms with Crippen molar-refractivity contribution in [2.75, 3.05) is 0 Å². The van der Waals surface area contributed by atoms with Crippen LogP contribution in [0, 0.1) is 11.8 Å². The highest BCUT2D eigenvalue weighted by molar-refractivity contribution is 5.13. The van der Waals surface area contributed by atoms with E-state index in [1.807, 2.05) is 6.07 Å². The Morgan fingerprint density at radius 1 is 1.47 bits per heavy atom. The predicted octanol–water partition coefficient (Wildman–Crippen LogP) is 1.56. The van der Waals surface area contributed by atoms with E-state index >= 15 is 0 Å². The largest absolute Gasteiger partial charge is 0.387 e. The molecule has 0 saturated carbocycles. The lowest BCUT2D eigenvalue weighted by Crippen LogP contribution is -2.34. The zero-order valence-electron chi connectivity index (χ0n) is 9.18. The number of fused-ring (bicyclic) bond motifs is 1. The van der Waals surface area contributed by atoms with Crippen LogP contribution in [0.25, 0.3) is 0 Å². The second-order valence-corrected chi connectivity index (χ2v) is 4.58. The summed E-state index contributed by atoms with van der Waals surface area (Å²) in [6.45, 7) is 4.96. The summed E-state index contributed by atoms with van der Waals surface area (Å²) in [5, 5.41) is 10.2. The Bertz CT molecular complexity index is 408. The summed E-state index contributed by atoms with van der Waals surface area (Å²) in [5.74, 6) is 0.718. The number of nitrogens with zero attached hydrogens (tertiary/aromatic N) is 1. The van der Waals surface area contributed by atoms with Gasteiger partial charge in [0.2, 0.25) is 0 Å². The molecule has 0 bridgehead atoms. The Morgan fingerprint density at radius 2 is 2.20 bits per heavy atom. The maximum atomic E-state index is 11.5. The van der Waals surface area contributed by atoms with Crippen molar-refractivity contribution in [2.45, 2.75) is 32.9 Å². The first-order valence-electron chi connectivity index (χ1n) is 5.49. The van der Waals surface area contributed by atoms with Gasteiger partial charge in [-0.3, -0.25) is 4.79 Å². The average Bonchev–Trinajstić information content (AvgIpc) is 2.19. The Kier molecular flexibility index (Phi) is 2.65. The van der Waals surface area contributed by atoms with Crippen LogP contribution in [0.1, 0.15) is 32.1 Å². The topological polar surface area (TPSA) is 42.2 Å². The van der Waals surface area contributed by atoms with Crippen molar-refractivity contribution in [3.05, 3.63) is 34.2 Å². The molecule has 0 saturated heterocycles. The van der Waals surface area contributed by atoms with Crippen LogP contribution in [0.2, 0.25) is 0 Å². The molecule has 0 aromatic carbocycles. The molecule has 0 radical (unpaired) electrons.